The minimum atomic E-state index is 0.228. The van der Waals surface area contributed by atoms with Gasteiger partial charge in [0.15, 0.2) is 15.8 Å². The van der Waals surface area contributed by atoms with Crippen LogP contribution in [0.4, 0.5) is 5.82 Å². The van der Waals surface area contributed by atoms with Crippen LogP contribution in [-0.2, 0) is 0 Å². The van der Waals surface area contributed by atoms with Gasteiger partial charge in [-0.3, -0.25) is 0 Å². The fourth-order valence-corrected chi connectivity index (χ4v) is 4.68. The average Bonchev–Trinajstić information content (AvgIpc) is 3.23. The highest BCUT2D eigenvalue weighted by atomic mass is 32.2. The van der Waals surface area contributed by atoms with Crippen molar-refractivity contribution in [2.45, 2.75) is 30.1 Å². The quantitative estimate of drug-likeness (QED) is 0.656. The van der Waals surface area contributed by atoms with Crippen LogP contribution >= 0.6 is 23.1 Å². The van der Waals surface area contributed by atoms with Gasteiger partial charge in [0.05, 0.1) is 12.3 Å². The van der Waals surface area contributed by atoms with Crippen molar-refractivity contribution in [2.75, 3.05) is 17.7 Å². The molecule has 1 aliphatic heterocycles. The predicted octanol–water partition coefficient (Wildman–Crippen LogP) is 4.38. The molecule has 0 bridgehead atoms. The fraction of sp³-hybridized carbons (Fsp3) is 0.438. The third-order valence-electron chi connectivity index (χ3n) is 4.34. The van der Waals surface area contributed by atoms with Crippen molar-refractivity contribution in [3.63, 3.8) is 0 Å². The topological polar surface area (TPSA) is 55.1 Å². The second-order valence-electron chi connectivity index (χ2n) is 5.89. The molecule has 0 amide bonds. The van der Waals surface area contributed by atoms with Gasteiger partial charge in [-0.1, -0.05) is 18.7 Å². The smallest absolute Gasteiger partial charge is 0.176 e. The Morgan fingerprint density at radius 3 is 3.09 bits per heavy atom. The van der Waals surface area contributed by atoms with Gasteiger partial charge < -0.3 is 9.32 Å². The van der Waals surface area contributed by atoms with E-state index in [9.17, 15) is 0 Å². The van der Waals surface area contributed by atoms with Gasteiger partial charge >= 0.3 is 0 Å². The summed E-state index contributed by atoms with van der Waals surface area (Å²) in [5.41, 5.74) is 0.793. The minimum Gasteiger partial charge on any atom is -0.467 e. The summed E-state index contributed by atoms with van der Waals surface area (Å²) < 4.78 is 7.81. The van der Waals surface area contributed by atoms with Crippen molar-refractivity contribution in [1.82, 2.24) is 15.0 Å². The van der Waals surface area contributed by atoms with Gasteiger partial charge in [0.25, 0.3) is 0 Å². The van der Waals surface area contributed by atoms with Crippen LogP contribution in [-0.4, -0.2) is 27.8 Å². The van der Waals surface area contributed by atoms with Gasteiger partial charge in [0.1, 0.15) is 16.8 Å². The highest BCUT2D eigenvalue weighted by molar-refractivity contribution is 8.00. The first kappa shape index (κ1) is 15.0. The van der Waals surface area contributed by atoms with E-state index in [1.54, 1.807) is 35.7 Å². The van der Waals surface area contributed by atoms with Crippen molar-refractivity contribution in [2.24, 2.45) is 5.92 Å². The summed E-state index contributed by atoms with van der Waals surface area (Å²) in [4.78, 5) is 15.9. The first-order valence-corrected chi connectivity index (χ1v) is 9.76. The first-order chi connectivity index (χ1) is 11.3. The molecule has 2 unspecified atom stereocenters. The zero-order chi connectivity index (χ0) is 15.8. The number of fused-ring (bicyclic) bond motifs is 1. The van der Waals surface area contributed by atoms with E-state index in [4.69, 9.17) is 4.42 Å². The summed E-state index contributed by atoms with van der Waals surface area (Å²) in [6.45, 7) is 3.28. The molecule has 3 aromatic heterocycles. The molecule has 0 radical (unpaired) electrons. The Hall–Kier alpha value is -1.60. The van der Waals surface area contributed by atoms with Crippen molar-refractivity contribution >= 4 is 39.3 Å². The molecule has 1 saturated heterocycles. The maximum atomic E-state index is 5.71. The molecule has 0 aromatic carbocycles. The fourth-order valence-electron chi connectivity index (χ4n) is 3.16. The molecule has 0 saturated carbocycles. The van der Waals surface area contributed by atoms with Crippen LogP contribution in [0.25, 0.3) is 10.3 Å². The number of hydrogen-bond donors (Lipinski definition) is 0. The van der Waals surface area contributed by atoms with E-state index in [1.165, 1.54) is 0 Å². The van der Waals surface area contributed by atoms with Crippen LogP contribution in [0.5, 0.6) is 0 Å². The van der Waals surface area contributed by atoms with Gasteiger partial charge in [-0.15, -0.1) is 11.3 Å². The molecule has 23 heavy (non-hydrogen) atoms. The maximum Gasteiger partial charge on any atom is 0.176 e. The third kappa shape index (κ3) is 2.72. The van der Waals surface area contributed by atoms with E-state index in [2.05, 4.69) is 32.8 Å². The van der Waals surface area contributed by atoms with Crippen LogP contribution < -0.4 is 4.90 Å². The number of thioether (sulfide) groups is 1. The number of aromatic nitrogens is 3. The molecular weight excluding hydrogens is 328 g/mol. The molecule has 4 rings (SSSR count). The van der Waals surface area contributed by atoms with Crippen LogP contribution in [0, 0.1) is 5.92 Å². The molecular formula is C16H18N4OS2. The van der Waals surface area contributed by atoms with Gasteiger partial charge in [-0.05, 0) is 37.1 Å². The summed E-state index contributed by atoms with van der Waals surface area (Å²) >= 11 is 3.32. The molecule has 5 nitrogen and oxygen atoms in total. The Morgan fingerprint density at radius 1 is 1.39 bits per heavy atom. The SMILES string of the molecule is CSc1nc2ncnc(N3CCC(C)CC3c3ccco3)c2s1. The van der Waals surface area contributed by atoms with E-state index in [0.29, 0.717) is 5.92 Å². The molecule has 120 valence electrons. The molecule has 1 aliphatic rings. The molecule has 1 fully saturated rings. The lowest BCUT2D eigenvalue weighted by Gasteiger charge is -2.38. The number of furan rings is 1. The van der Waals surface area contributed by atoms with E-state index < -0.39 is 0 Å². The lowest BCUT2D eigenvalue weighted by molar-refractivity contribution is 0.327. The zero-order valence-electron chi connectivity index (χ0n) is 13.1. The van der Waals surface area contributed by atoms with E-state index in [0.717, 1.165) is 45.7 Å². The minimum absolute atomic E-state index is 0.228. The van der Waals surface area contributed by atoms with Gasteiger partial charge in [-0.2, -0.15) is 0 Å². The summed E-state index contributed by atoms with van der Waals surface area (Å²) in [5, 5.41) is 0. The van der Waals surface area contributed by atoms with Crippen molar-refractivity contribution in [3.05, 3.63) is 30.5 Å². The van der Waals surface area contributed by atoms with Crippen molar-refractivity contribution in [3.8, 4) is 0 Å². The largest absolute Gasteiger partial charge is 0.467 e. The highest BCUT2D eigenvalue weighted by Gasteiger charge is 2.32. The van der Waals surface area contributed by atoms with E-state index in [-0.39, 0.29) is 6.04 Å². The lowest BCUT2D eigenvalue weighted by atomic mass is 9.91. The number of thiazole rings is 1. The number of anilines is 1. The molecule has 0 N–H and O–H groups in total. The van der Waals surface area contributed by atoms with Crippen LogP contribution in [0.3, 0.4) is 0 Å². The monoisotopic (exact) mass is 346 g/mol. The van der Waals surface area contributed by atoms with Crippen molar-refractivity contribution in [1.29, 1.82) is 0 Å². The first-order valence-electron chi connectivity index (χ1n) is 7.72. The summed E-state index contributed by atoms with van der Waals surface area (Å²) in [6, 6.07) is 4.25. The normalized spacial score (nSPS) is 21.9. The molecule has 4 heterocycles. The second-order valence-corrected chi connectivity index (χ2v) is 7.94. The Balaban J connectivity index is 1.79. The summed E-state index contributed by atoms with van der Waals surface area (Å²) in [6.07, 6.45) is 7.66. The third-order valence-corrected chi connectivity index (χ3v) is 6.36. The number of rotatable bonds is 3. The lowest BCUT2D eigenvalue weighted by Crippen LogP contribution is -2.36. The summed E-state index contributed by atoms with van der Waals surface area (Å²) in [7, 11) is 0. The van der Waals surface area contributed by atoms with Gasteiger partial charge in [0, 0.05) is 6.54 Å². The standard InChI is InChI=1S/C16H18N4OS2/c1-10-5-6-20(11(8-10)12-4-3-7-21-12)15-13-14(17-9-18-15)19-16(22-2)23-13/h3-4,7,9-11H,5-6,8H2,1-2H3. The van der Waals surface area contributed by atoms with Crippen molar-refractivity contribution < 1.29 is 4.42 Å². The second kappa shape index (κ2) is 6.13. The predicted molar refractivity (Wildman–Crippen MR) is 94.2 cm³/mol. The number of piperidine rings is 1. The van der Waals surface area contributed by atoms with Crippen LogP contribution in [0.15, 0.2) is 33.5 Å². The van der Waals surface area contributed by atoms with Crippen LogP contribution in [0.2, 0.25) is 0 Å². The Kier molecular flexibility index (Phi) is 3.98. The van der Waals surface area contributed by atoms with E-state index in [1.807, 2.05) is 12.3 Å². The summed E-state index contributed by atoms with van der Waals surface area (Å²) in [5.74, 6) is 2.68. The molecule has 0 aliphatic carbocycles. The number of hydrogen-bond acceptors (Lipinski definition) is 7. The molecule has 3 aromatic rings. The number of nitrogens with zero attached hydrogens (tertiary/aromatic N) is 4. The average molecular weight is 346 g/mol. The molecule has 0 spiro atoms. The Bertz CT molecular complexity index is 802. The van der Waals surface area contributed by atoms with Gasteiger partial charge in [0.2, 0.25) is 0 Å². The molecule has 7 heteroatoms. The van der Waals surface area contributed by atoms with Crippen LogP contribution in [0.1, 0.15) is 31.6 Å². The Morgan fingerprint density at radius 2 is 2.30 bits per heavy atom. The zero-order valence-corrected chi connectivity index (χ0v) is 14.7. The maximum absolute atomic E-state index is 5.71. The van der Waals surface area contributed by atoms with Gasteiger partial charge in [-0.25, -0.2) is 15.0 Å². The molecule has 2 atom stereocenters. The van der Waals surface area contributed by atoms with E-state index >= 15 is 0 Å². The highest BCUT2D eigenvalue weighted by Crippen LogP contribution is 2.41. The Labute approximate surface area is 143 Å².